The molecule has 4 rings (SSSR count). The highest BCUT2D eigenvalue weighted by molar-refractivity contribution is 6.32. The number of H-pyrrole nitrogens is 1. The van der Waals surface area contributed by atoms with E-state index >= 15 is 0 Å². The molecule has 0 spiro atoms. The number of nitrogens with one attached hydrogen (secondary N) is 1. The SMILES string of the molecule is O=c1[nH]ccc2cc(OCC3CC4CCCC[C@@H]4C3)c(Cl)cc12. The van der Waals surface area contributed by atoms with Gasteiger partial charge in [-0.05, 0) is 54.2 Å². The molecule has 1 aromatic heterocycles. The van der Waals surface area contributed by atoms with Gasteiger partial charge in [-0.25, -0.2) is 0 Å². The van der Waals surface area contributed by atoms with Crippen molar-refractivity contribution in [2.24, 2.45) is 17.8 Å². The van der Waals surface area contributed by atoms with Crippen molar-refractivity contribution >= 4 is 22.4 Å². The number of halogens is 1. The van der Waals surface area contributed by atoms with Crippen molar-refractivity contribution < 1.29 is 4.74 Å². The highest BCUT2D eigenvalue weighted by Crippen LogP contribution is 2.45. The Labute approximate surface area is 141 Å². The highest BCUT2D eigenvalue weighted by atomic mass is 35.5. The topological polar surface area (TPSA) is 42.1 Å². The fraction of sp³-hybridized carbons (Fsp3) is 0.526. The summed E-state index contributed by atoms with van der Waals surface area (Å²) in [6.07, 6.45) is 9.87. The first-order valence-corrected chi connectivity index (χ1v) is 9.02. The fourth-order valence-electron chi connectivity index (χ4n) is 4.50. The van der Waals surface area contributed by atoms with Gasteiger partial charge in [0, 0.05) is 11.6 Å². The van der Waals surface area contributed by atoms with Gasteiger partial charge in [-0.3, -0.25) is 4.79 Å². The molecule has 4 heteroatoms. The van der Waals surface area contributed by atoms with E-state index in [0.29, 0.717) is 22.1 Å². The van der Waals surface area contributed by atoms with Crippen molar-refractivity contribution in [3.05, 3.63) is 39.8 Å². The molecule has 1 N–H and O–H groups in total. The molecule has 2 unspecified atom stereocenters. The van der Waals surface area contributed by atoms with Crippen LogP contribution in [0.15, 0.2) is 29.2 Å². The standard InChI is InChI=1S/C19H22ClNO2/c20-17-10-16-15(5-6-21-19(16)22)9-18(17)23-11-12-7-13-3-1-2-4-14(13)8-12/h5-6,9-10,12-14H,1-4,7-8,11H2,(H,21,22)/t12?,13-,14?/m1/s1. The first-order chi connectivity index (χ1) is 11.2. The van der Waals surface area contributed by atoms with Gasteiger partial charge in [-0.15, -0.1) is 0 Å². The van der Waals surface area contributed by atoms with Gasteiger partial charge in [-0.1, -0.05) is 37.3 Å². The Kier molecular flexibility index (Phi) is 4.06. The predicted molar refractivity (Wildman–Crippen MR) is 93.2 cm³/mol. The van der Waals surface area contributed by atoms with Gasteiger partial charge in [0.15, 0.2) is 0 Å². The molecular formula is C19H22ClNO2. The molecular weight excluding hydrogens is 310 g/mol. The third kappa shape index (κ3) is 2.99. The number of benzene rings is 1. The molecule has 0 aliphatic heterocycles. The lowest BCUT2D eigenvalue weighted by atomic mass is 9.82. The number of pyridine rings is 1. The van der Waals surface area contributed by atoms with Crippen molar-refractivity contribution in [2.45, 2.75) is 38.5 Å². The summed E-state index contributed by atoms with van der Waals surface area (Å²) in [6, 6.07) is 5.47. The Morgan fingerprint density at radius 3 is 2.65 bits per heavy atom. The van der Waals surface area contributed by atoms with Gasteiger partial charge < -0.3 is 9.72 Å². The molecule has 1 aromatic carbocycles. The van der Waals surface area contributed by atoms with E-state index in [1.54, 1.807) is 12.3 Å². The summed E-state index contributed by atoms with van der Waals surface area (Å²) in [5.74, 6) is 3.18. The Hall–Kier alpha value is -1.48. The van der Waals surface area contributed by atoms with Crippen molar-refractivity contribution in [1.29, 1.82) is 0 Å². The number of hydrogen-bond acceptors (Lipinski definition) is 2. The molecule has 2 saturated carbocycles. The van der Waals surface area contributed by atoms with Crippen molar-refractivity contribution in [2.75, 3.05) is 6.61 Å². The molecule has 0 bridgehead atoms. The van der Waals surface area contributed by atoms with E-state index in [9.17, 15) is 4.79 Å². The Balaban J connectivity index is 1.48. The second-order valence-corrected chi connectivity index (χ2v) is 7.54. The van der Waals surface area contributed by atoms with Crippen LogP contribution in [0.5, 0.6) is 5.75 Å². The van der Waals surface area contributed by atoms with E-state index in [1.165, 1.54) is 38.5 Å². The van der Waals surface area contributed by atoms with Crippen LogP contribution in [0.25, 0.3) is 10.8 Å². The molecule has 3 atom stereocenters. The number of fused-ring (bicyclic) bond motifs is 2. The summed E-state index contributed by atoms with van der Waals surface area (Å²) < 4.78 is 6.03. The maximum absolute atomic E-state index is 11.8. The average molecular weight is 332 g/mol. The summed E-state index contributed by atoms with van der Waals surface area (Å²) in [7, 11) is 0. The van der Waals surface area contributed by atoms with E-state index in [0.717, 1.165) is 23.8 Å². The Bertz CT molecular complexity index is 756. The van der Waals surface area contributed by atoms with Crippen molar-refractivity contribution in [3.63, 3.8) is 0 Å². The molecule has 0 amide bonds. The number of aromatic amines is 1. The lowest BCUT2D eigenvalue weighted by molar-refractivity contribution is 0.247. The molecule has 0 radical (unpaired) electrons. The van der Waals surface area contributed by atoms with Crippen LogP contribution in [0.1, 0.15) is 38.5 Å². The third-order valence-corrected chi connectivity index (χ3v) is 5.93. The molecule has 23 heavy (non-hydrogen) atoms. The molecule has 122 valence electrons. The molecule has 0 saturated heterocycles. The largest absolute Gasteiger partial charge is 0.492 e. The Morgan fingerprint density at radius 2 is 1.91 bits per heavy atom. The highest BCUT2D eigenvalue weighted by Gasteiger charge is 2.35. The number of ether oxygens (including phenoxy) is 1. The number of aromatic nitrogens is 1. The summed E-state index contributed by atoms with van der Waals surface area (Å²) >= 11 is 6.30. The lowest BCUT2D eigenvalue weighted by Gasteiger charge is -2.24. The normalized spacial score (nSPS) is 27.1. The van der Waals surface area contributed by atoms with Crippen LogP contribution in [0.2, 0.25) is 5.02 Å². The van der Waals surface area contributed by atoms with Crippen LogP contribution in [-0.2, 0) is 0 Å². The van der Waals surface area contributed by atoms with Crippen molar-refractivity contribution in [3.8, 4) is 5.75 Å². The van der Waals surface area contributed by atoms with Crippen LogP contribution in [0.3, 0.4) is 0 Å². The predicted octanol–water partition coefficient (Wildman–Crippen LogP) is 4.78. The zero-order chi connectivity index (χ0) is 15.8. The van der Waals surface area contributed by atoms with Gasteiger partial charge in [0.25, 0.3) is 5.56 Å². The fourth-order valence-corrected chi connectivity index (χ4v) is 4.72. The summed E-state index contributed by atoms with van der Waals surface area (Å²) in [6.45, 7) is 0.738. The summed E-state index contributed by atoms with van der Waals surface area (Å²) in [5, 5.41) is 1.99. The van der Waals surface area contributed by atoms with E-state index in [4.69, 9.17) is 16.3 Å². The summed E-state index contributed by atoms with van der Waals surface area (Å²) in [5.41, 5.74) is -0.115. The first-order valence-electron chi connectivity index (χ1n) is 8.64. The van der Waals surface area contributed by atoms with Crippen LogP contribution < -0.4 is 10.3 Å². The molecule has 2 aliphatic rings. The van der Waals surface area contributed by atoms with Crippen LogP contribution >= 0.6 is 11.6 Å². The van der Waals surface area contributed by atoms with Crippen molar-refractivity contribution in [1.82, 2.24) is 4.98 Å². The lowest BCUT2D eigenvalue weighted by Crippen LogP contribution is -2.12. The van der Waals surface area contributed by atoms with E-state index in [1.807, 2.05) is 12.1 Å². The average Bonchev–Trinajstić information content (AvgIpc) is 2.97. The van der Waals surface area contributed by atoms with Gasteiger partial charge in [0.05, 0.1) is 11.6 Å². The monoisotopic (exact) mass is 331 g/mol. The van der Waals surface area contributed by atoms with Gasteiger partial charge >= 0.3 is 0 Å². The van der Waals surface area contributed by atoms with Gasteiger partial charge in [0.2, 0.25) is 0 Å². The first kappa shape index (κ1) is 15.1. The molecule has 3 nitrogen and oxygen atoms in total. The van der Waals surface area contributed by atoms with E-state index < -0.39 is 0 Å². The smallest absolute Gasteiger partial charge is 0.255 e. The van der Waals surface area contributed by atoms with E-state index in [-0.39, 0.29) is 5.56 Å². The van der Waals surface area contributed by atoms with Gasteiger partial charge in [-0.2, -0.15) is 0 Å². The van der Waals surface area contributed by atoms with E-state index in [2.05, 4.69) is 4.98 Å². The second kappa shape index (κ2) is 6.20. The maximum Gasteiger partial charge on any atom is 0.255 e. The maximum atomic E-state index is 11.8. The minimum atomic E-state index is -0.115. The quantitative estimate of drug-likeness (QED) is 0.879. The molecule has 2 fully saturated rings. The third-order valence-electron chi connectivity index (χ3n) is 5.64. The van der Waals surface area contributed by atoms with Crippen LogP contribution in [0, 0.1) is 17.8 Å². The Morgan fingerprint density at radius 1 is 1.17 bits per heavy atom. The number of rotatable bonds is 3. The second-order valence-electron chi connectivity index (χ2n) is 7.13. The molecule has 1 heterocycles. The minimum absolute atomic E-state index is 0.115. The zero-order valence-electron chi connectivity index (χ0n) is 13.2. The van der Waals surface area contributed by atoms with Crippen LogP contribution in [-0.4, -0.2) is 11.6 Å². The number of hydrogen-bond donors (Lipinski definition) is 1. The van der Waals surface area contributed by atoms with Gasteiger partial charge in [0.1, 0.15) is 5.75 Å². The minimum Gasteiger partial charge on any atom is -0.492 e. The van der Waals surface area contributed by atoms with Crippen LogP contribution in [0.4, 0.5) is 0 Å². The summed E-state index contributed by atoms with van der Waals surface area (Å²) in [4.78, 5) is 14.5. The zero-order valence-corrected chi connectivity index (χ0v) is 13.9. The molecule has 2 aromatic rings. The molecule has 2 aliphatic carbocycles.